The summed E-state index contributed by atoms with van der Waals surface area (Å²) in [7, 11) is 0. The van der Waals surface area contributed by atoms with E-state index in [4.69, 9.17) is 4.74 Å². The Morgan fingerprint density at radius 1 is 1.11 bits per heavy atom. The Morgan fingerprint density at radius 3 is 1.56 bits per heavy atom. The van der Waals surface area contributed by atoms with Crippen LogP contribution < -0.4 is 0 Å². The molecule has 1 aliphatic heterocycles. The lowest BCUT2D eigenvalue weighted by atomic mass is 10.2. The van der Waals surface area contributed by atoms with Crippen LogP contribution in [0.5, 0.6) is 0 Å². The molecule has 0 aromatic carbocycles. The summed E-state index contributed by atoms with van der Waals surface area (Å²) >= 11 is 0. The number of Topliss-reactive ketones (excluding diaryl/α,β-unsaturated/α-hetero) is 2. The van der Waals surface area contributed by atoms with Crippen LogP contribution in [0, 0.1) is 0 Å². The highest BCUT2D eigenvalue weighted by atomic mass is 16.5. The molecular formula is C6H8O3. The normalized spacial score (nSPS) is 35.8. The summed E-state index contributed by atoms with van der Waals surface area (Å²) < 4.78 is 4.89. The number of hydrogen-bond acceptors (Lipinski definition) is 3. The number of rotatable bonds is 0. The molecule has 1 unspecified atom stereocenters. The maximum atomic E-state index is 10.6. The van der Waals surface area contributed by atoms with Gasteiger partial charge in [0.05, 0.1) is 0 Å². The molecule has 1 rings (SSSR count). The maximum absolute atomic E-state index is 10.6. The van der Waals surface area contributed by atoms with Crippen LogP contribution in [0.1, 0.15) is 13.8 Å². The third-order valence-corrected chi connectivity index (χ3v) is 1.39. The second kappa shape index (κ2) is 1.92. The quantitative estimate of drug-likeness (QED) is 0.429. The first-order chi connectivity index (χ1) is 4.13. The minimum absolute atomic E-state index is 0.400. The molecule has 0 N–H and O–H groups in total. The Balaban J connectivity index is 2.77. The summed E-state index contributed by atoms with van der Waals surface area (Å²) in [5.74, 6) is -0.801. The van der Waals surface area contributed by atoms with Crippen LogP contribution >= 0.6 is 0 Å². The van der Waals surface area contributed by atoms with Crippen LogP contribution in [0.4, 0.5) is 0 Å². The lowest BCUT2D eigenvalue weighted by Crippen LogP contribution is -2.17. The molecule has 1 saturated heterocycles. The topological polar surface area (TPSA) is 43.4 Å². The first-order valence-corrected chi connectivity index (χ1v) is 2.86. The monoisotopic (exact) mass is 128 g/mol. The van der Waals surface area contributed by atoms with Gasteiger partial charge in [0.2, 0.25) is 11.6 Å². The standard InChI is InChI=1S/C6H8O3/c1-3-5(7)6(8)4(2)9-3/h3-4H,1-2H3/t3-,4?/m0/s1. The Hall–Kier alpha value is -0.700. The SMILES string of the molecule is CC1O[C@@H](C)C(=O)C1=O. The molecule has 3 nitrogen and oxygen atoms in total. The van der Waals surface area contributed by atoms with Crippen molar-refractivity contribution in [2.75, 3.05) is 0 Å². The lowest BCUT2D eigenvalue weighted by molar-refractivity contribution is -0.134. The molecule has 2 atom stereocenters. The molecule has 0 aromatic rings. The van der Waals surface area contributed by atoms with Crippen molar-refractivity contribution in [2.45, 2.75) is 26.1 Å². The van der Waals surface area contributed by atoms with E-state index in [0.29, 0.717) is 0 Å². The highest BCUT2D eigenvalue weighted by Crippen LogP contribution is 2.10. The van der Waals surface area contributed by atoms with E-state index in [-0.39, 0.29) is 0 Å². The largest absolute Gasteiger partial charge is 0.359 e. The van der Waals surface area contributed by atoms with Crippen molar-refractivity contribution in [1.29, 1.82) is 0 Å². The molecule has 1 aliphatic rings. The number of hydrogen-bond donors (Lipinski definition) is 0. The fourth-order valence-electron chi connectivity index (χ4n) is 0.830. The molecule has 0 bridgehead atoms. The van der Waals surface area contributed by atoms with Crippen molar-refractivity contribution in [3.05, 3.63) is 0 Å². The zero-order valence-electron chi connectivity index (χ0n) is 5.38. The van der Waals surface area contributed by atoms with Crippen molar-refractivity contribution in [2.24, 2.45) is 0 Å². The van der Waals surface area contributed by atoms with E-state index in [1.165, 1.54) is 0 Å². The molecule has 0 radical (unpaired) electrons. The molecule has 3 heteroatoms. The smallest absolute Gasteiger partial charge is 0.229 e. The zero-order chi connectivity index (χ0) is 7.02. The fourth-order valence-corrected chi connectivity index (χ4v) is 0.830. The summed E-state index contributed by atoms with van der Waals surface area (Å²) in [6, 6.07) is 0. The highest BCUT2D eigenvalue weighted by molar-refractivity contribution is 6.41. The molecule has 0 amide bonds. The van der Waals surface area contributed by atoms with Crippen molar-refractivity contribution < 1.29 is 14.3 Å². The van der Waals surface area contributed by atoms with Crippen LogP contribution in [0.2, 0.25) is 0 Å². The van der Waals surface area contributed by atoms with Crippen molar-refractivity contribution in [3.63, 3.8) is 0 Å². The summed E-state index contributed by atoms with van der Waals surface area (Å²) in [5, 5.41) is 0. The van der Waals surface area contributed by atoms with Gasteiger partial charge in [-0.05, 0) is 13.8 Å². The van der Waals surface area contributed by atoms with Gasteiger partial charge >= 0.3 is 0 Å². The maximum Gasteiger partial charge on any atom is 0.229 e. The van der Waals surface area contributed by atoms with E-state index in [0.717, 1.165) is 0 Å². The van der Waals surface area contributed by atoms with Gasteiger partial charge in [0, 0.05) is 0 Å². The number of ether oxygens (including phenoxy) is 1. The van der Waals surface area contributed by atoms with Crippen molar-refractivity contribution in [1.82, 2.24) is 0 Å². The Kier molecular flexibility index (Phi) is 1.37. The van der Waals surface area contributed by atoms with Gasteiger partial charge in [-0.25, -0.2) is 0 Å². The molecule has 0 aliphatic carbocycles. The summed E-state index contributed by atoms with van der Waals surface area (Å²) in [5.41, 5.74) is 0. The zero-order valence-corrected chi connectivity index (χ0v) is 5.38. The van der Waals surface area contributed by atoms with Gasteiger partial charge < -0.3 is 4.74 Å². The predicted molar refractivity (Wildman–Crippen MR) is 30.0 cm³/mol. The number of carbonyl (C=O) groups excluding carboxylic acids is 2. The summed E-state index contributed by atoms with van der Waals surface area (Å²) in [6.45, 7) is 3.17. The molecule has 0 aromatic heterocycles. The van der Waals surface area contributed by atoms with E-state index >= 15 is 0 Å². The van der Waals surface area contributed by atoms with E-state index in [1.807, 2.05) is 0 Å². The molecule has 1 heterocycles. The van der Waals surface area contributed by atoms with Gasteiger partial charge in [-0.2, -0.15) is 0 Å². The van der Waals surface area contributed by atoms with Gasteiger partial charge in [-0.1, -0.05) is 0 Å². The molecule has 1 fully saturated rings. The highest BCUT2D eigenvalue weighted by Gasteiger charge is 2.36. The number of carbonyl (C=O) groups is 2. The van der Waals surface area contributed by atoms with Crippen LogP contribution in [0.15, 0.2) is 0 Å². The second-order valence-electron chi connectivity index (χ2n) is 2.15. The number of ketones is 2. The molecule has 0 spiro atoms. The minimum Gasteiger partial charge on any atom is -0.359 e. The summed E-state index contributed by atoms with van der Waals surface area (Å²) in [4.78, 5) is 21.3. The Labute approximate surface area is 53.0 Å². The van der Waals surface area contributed by atoms with Gasteiger partial charge in [0.25, 0.3) is 0 Å². The Morgan fingerprint density at radius 2 is 1.44 bits per heavy atom. The van der Waals surface area contributed by atoms with E-state index in [9.17, 15) is 9.59 Å². The second-order valence-corrected chi connectivity index (χ2v) is 2.15. The lowest BCUT2D eigenvalue weighted by Gasteiger charge is -1.97. The first-order valence-electron chi connectivity index (χ1n) is 2.86. The third-order valence-electron chi connectivity index (χ3n) is 1.39. The van der Waals surface area contributed by atoms with E-state index in [2.05, 4.69) is 0 Å². The molecule has 0 saturated carbocycles. The van der Waals surface area contributed by atoms with Crippen LogP contribution in [0.3, 0.4) is 0 Å². The van der Waals surface area contributed by atoms with Gasteiger partial charge in [-0.15, -0.1) is 0 Å². The van der Waals surface area contributed by atoms with E-state index < -0.39 is 23.8 Å². The first kappa shape index (κ1) is 6.42. The van der Waals surface area contributed by atoms with Crippen LogP contribution in [-0.2, 0) is 14.3 Å². The van der Waals surface area contributed by atoms with Gasteiger partial charge in [0.15, 0.2) is 0 Å². The predicted octanol–water partition coefficient (Wildman–Crippen LogP) is -0.0682. The Bertz CT molecular complexity index is 144. The average molecular weight is 128 g/mol. The molecule has 9 heavy (non-hydrogen) atoms. The van der Waals surface area contributed by atoms with Gasteiger partial charge in [0.1, 0.15) is 12.2 Å². The van der Waals surface area contributed by atoms with Crippen LogP contribution in [0.25, 0.3) is 0 Å². The third kappa shape index (κ3) is 0.876. The molecule has 50 valence electrons. The van der Waals surface area contributed by atoms with Crippen molar-refractivity contribution >= 4 is 11.6 Å². The minimum atomic E-state index is -0.521. The van der Waals surface area contributed by atoms with E-state index in [1.54, 1.807) is 13.8 Å². The fraction of sp³-hybridized carbons (Fsp3) is 0.667. The van der Waals surface area contributed by atoms with Crippen LogP contribution in [-0.4, -0.2) is 23.8 Å². The van der Waals surface area contributed by atoms with Gasteiger partial charge in [-0.3, -0.25) is 9.59 Å². The average Bonchev–Trinajstić information content (AvgIpc) is 1.98. The molecular weight excluding hydrogens is 120 g/mol. The van der Waals surface area contributed by atoms with Crippen molar-refractivity contribution in [3.8, 4) is 0 Å². The summed E-state index contributed by atoms with van der Waals surface area (Å²) in [6.07, 6.45) is -1.04.